The normalized spacial score (nSPS) is 19.3. The van der Waals surface area contributed by atoms with E-state index >= 15 is 0 Å². The largest absolute Gasteiger partial charge is 0.396 e. The van der Waals surface area contributed by atoms with Gasteiger partial charge in [0.25, 0.3) is 5.91 Å². The fourth-order valence-electron chi connectivity index (χ4n) is 3.18. The number of aryl methyl sites for hydroxylation is 1. The molecule has 23 heavy (non-hydrogen) atoms. The third-order valence-corrected chi connectivity index (χ3v) is 4.36. The van der Waals surface area contributed by atoms with E-state index < -0.39 is 0 Å². The lowest BCUT2D eigenvalue weighted by molar-refractivity contribution is 0.0922. The molecule has 2 heterocycles. The fraction of sp³-hybridized carbons (Fsp3) is 0.765. The predicted octanol–water partition coefficient (Wildman–Crippen LogP) is 1.05. The molecule has 0 radical (unpaired) electrons. The summed E-state index contributed by atoms with van der Waals surface area (Å²) in [5, 5.41) is 16.7. The van der Waals surface area contributed by atoms with Gasteiger partial charge in [0.2, 0.25) is 0 Å². The summed E-state index contributed by atoms with van der Waals surface area (Å²) in [6.07, 6.45) is 3.11. The summed E-state index contributed by atoms with van der Waals surface area (Å²) >= 11 is 0. The standard InChI is InChI=1S/C17H30N4O2/c1-13(2)9-15-10-16(20(3)19-15)17(23)18-6-8-21-7-4-5-14(11-21)12-22/h10,13-14,22H,4-9,11-12H2,1-3H3,(H,18,23)/t14-/m1/s1. The van der Waals surface area contributed by atoms with Crippen molar-refractivity contribution in [3.05, 3.63) is 17.5 Å². The topological polar surface area (TPSA) is 70.4 Å². The molecular weight excluding hydrogens is 292 g/mol. The molecule has 0 spiro atoms. The number of rotatable bonds is 7. The van der Waals surface area contributed by atoms with Gasteiger partial charge < -0.3 is 15.3 Å². The van der Waals surface area contributed by atoms with Crippen LogP contribution in [0.5, 0.6) is 0 Å². The first-order valence-corrected chi connectivity index (χ1v) is 8.64. The van der Waals surface area contributed by atoms with Crippen molar-refractivity contribution < 1.29 is 9.90 Å². The number of amides is 1. The van der Waals surface area contributed by atoms with Crippen LogP contribution >= 0.6 is 0 Å². The minimum atomic E-state index is -0.0641. The van der Waals surface area contributed by atoms with Gasteiger partial charge in [0.15, 0.2) is 0 Å². The molecule has 1 amide bonds. The second kappa shape index (κ2) is 8.45. The second-order valence-electron chi connectivity index (χ2n) is 6.99. The van der Waals surface area contributed by atoms with Crippen molar-refractivity contribution >= 4 is 5.91 Å². The van der Waals surface area contributed by atoms with E-state index in [1.807, 2.05) is 13.1 Å². The Morgan fingerprint density at radius 2 is 2.30 bits per heavy atom. The highest BCUT2D eigenvalue weighted by Crippen LogP contribution is 2.15. The van der Waals surface area contributed by atoms with Crippen LogP contribution in [-0.2, 0) is 13.5 Å². The predicted molar refractivity (Wildman–Crippen MR) is 90.3 cm³/mol. The van der Waals surface area contributed by atoms with Crippen molar-refractivity contribution in [3.63, 3.8) is 0 Å². The summed E-state index contributed by atoms with van der Waals surface area (Å²) in [6.45, 7) is 7.99. The van der Waals surface area contributed by atoms with Crippen molar-refractivity contribution in [2.75, 3.05) is 32.8 Å². The smallest absolute Gasteiger partial charge is 0.269 e. The highest BCUT2D eigenvalue weighted by molar-refractivity contribution is 5.92. The van der Waals surface area contributed by atoms with E-state index in [4.69, 9.17) is 0 Å². The Kier molecular flexibility index (Phi) is 6.59. The summed E-state index contributed by atoms with van der Waals surface area (Å²) in [4.78, 5) is 14.6. The maximum absolute atomic E-state index is 12.3. The van der Waals surface area contributed by atoms with Crippen LogP contribution in [0.25, 0.3) is 0 Å². The molecule has 1 saturated heterocycles. The highest BCUT2D eigenvalue weighted by atomic mass is 16.3. The molecule has 1 fully saturated rings. The molecule has 1 aliphatic rings. The zero-order valence-corrected chi connectivity index (χ0v) is 14.6. The van der Waals surface area contributed by atoms with Gasteiger partial charge in [0, 0.05) is 33.3 Å². The number of aliphatic hydroxyl groups excluding tert-OH is 1. The number of carbonyl (C=O) groups excluding carboxylic acids is 1. The third kappa shape index (κ3) is 5.32. The minimum absolute atomic E-state index is 0.0641. The van der Waals surface area contributed by atoms with Crippen LogP contribution in [0, 0.1) is 11.8 Å². The molecule has 2 N–H and O–H groups in total. The number of hydrogen-bond donors (Lipinski definition) is 2. The fourth-order valence-corrected chi connectivity index (χ4v) is 3.18. The molecule has 0 aliphatic carbocycles. The van der Waals surface area contributed by atoms with Gasteiger partial charge in [-0.1, -0.05) is 13.8 Å². The Labute approximate surface area is 138 Å². The average Bonchev–Trinajstić information content (AvgIpc) is 2.87. The zero-order valence-electron chi connectivity index (χ0n) is 14.6. The number of hydrogen-bond acceptors (Lipinski definition) is 4. The van der Waals surface area contributed by atoms with Gasteiger partial charge in [-0.3, -0.25) is 9.48 Å². The van der Waals surface area contributed by atoms with Gasteiger partial charge in [0.05, 0.1) is 5.69 Å². The highest BCUT2D eigenvalue weighted by Gasteiger charge is 2.19. The summed E-state index contributed by atoms with van der Waals surface area (Å²) in [7, 11) is 1.81. The Morgan fingerprint density at radius 3 is 3.00 bits per heavy atom. The quantitative estimate of drug-likeness (QED) is 0.787. The Morgan fingerprint density at radius 1 is 1.52 bits per heavy atom. The summed E-state index contributed by atoms with van der Waals surface area (Å²) in [6, 6.07) is 1.89. The third-order valence-electron chi connectivity index (χ3n) is 4.36. The Balaban J connectivity index is 1.79. The van der Waals surface area contributed by atoms with Gasteiger partial charge in [-0.25, -0.2) is 0 Å². The molecule has 1 aromatic heterocycles. The number of aromatic nitrogens is 2. The van der Waals surface area contributed by atoms with E-state index in [1.54, 1.807) is 4.68 Å². The van der Waals surface area contributed by atoms with E-state index in [2.05, 4.69) is 29.2 Å². The van der Waals surface area contributed by atoms with Crippen molar-refractivity contribution in [1.29, 1.82) is 0 Å². The van der Waals surface area contributed by atoms with E-state index in [1.165, 1.54) is 0 Å². The molecule has 0 bridgehead atoms. The lowest BCUT2D eigenvalue weighted by Gasteiger charge is -2.31. The van der Waals surface area contributed by atoms with Crippen LogP contribution in [0.3, 0.4) is 0 Å². The van der Waals surface area contributed by atoms with Gasteiger partial charge in [0.1, 0.15) is 5.69 Å². The summed E-state index contributed by atoms with van der Waals surface area (Å²) in [5.41, 5.74) is 1.59. The van der Waals surface area contributed by atoms with Gasteiger partial charge in [-0.15, -0.1) is 0 Å². The molecule has 1 aliphatic heterocycles. The first kappa shape index (κ1) is 17.9. The van der Waals surface area contributed by atoms with Gasteiger partial charge >= 0.3 is 0 Å². The van der Waals surface area contributed by atoms with Crippen LogP contribution in [0.15, 0.2) is 6.07 Å². The van der Waals surface area contributed by atoms with Crippen LogP contribution in [0.4, 0.5) is 0 Å². The van der Waals surface area contributed by atoms with E-state index in [0.717, 1.165) is 44.6 Å². The molecule has 1 aromatic rings. The van der Waals surface area contributed by atoms with Crippen LogP contribution in [0.1, 0.15) is 42.9 Å². The first-order valence-electron chi connectivity index (χ1n) is 8.64. The first-order chi connectivity index (χ1) is 11.0. The minimum Gasteiger partial charge on any atom is -0.396 e. The maximum atomic E-state index is 12.3. The number of likely N-dealkylation sites (tertiary alicyclic amines) is 1. The number of nitrogens with one attached hydrogen (secondary N) is 1. The van der Waals surface area contributed by atoms with Crippen molar-refractivity contribution in [3.8, 4) is 0 Å². The molecular formula is C17H30N4O2. The molecule has 2 rings (SSSR count). The lowest BCUT2D eigenvalue weighted by Crippen LogP contribution is -2.41. The summed E-state index contributed by atoms with van der Waals surface area (Å²) in [5.74, 6) is 0.847. The number of piperidine rings is 1. The second-order valence-corrected chi connectivity index (χ2v) is 6.99. The number of carbonyl (C=O) groups is 1. The van der Waals surface area contributed by atoms with Gasteiger partial charge in [-0.05, 0) is 43.7 Å². The van der Waals surface area contributed by atoms with Crippen LogP contribution in [-0.4, -0.2) is 58.5 Å². The number of aliphatic hydroxyl groups is 1. The Bertz CT molecular complexity index is 513. The van der Waals surface area contributed by atoms with Crippen molar-refractivity contribution in [1.82, 2.24) is 20.0 Å². The molecule has 6 heteroatoms. The molecule has 1 atom stereocenters. The van der Waals surface area contributed by atoms with E-state index in [-0.39, 0.29) is 12.5 Å². The van der Waals surface area contributed by atoms with E-state index in [9.17, 15) is 9.90 Å². The number of nitrogens with zero attached hydrogens (tertiary/aromatic N) is 3. The maximum Gasteiger partial charge on any atom is 0.269 e. The zero-order chi connectivity index (χ0) is 16.8. The monoisotopic (exact) mass is 322 g/mol. The van der Waals surface area contributed by atoms with Crippen LogP contribution in [0.2, 0.25) is 0 Å². The van der Waals surface area contributed by atoms with Crippen molar-refractivity contribution in [2.45, 2.75) is 33.1 Å². The molecule has 130 valence electrons. The Hall–Kier alpha value is -1.40. The average molecular weight is 322 g/mol. The van der Waals surface area contributed by atoms with Crippen LogP contribution < -0.4 is 5.32 Å². The SMILES string of the molecule is CC(C)Cc1cc(C(=O)NCCN2CCC[C@@H](CO)C2)n(C)n1. The van der Waals surface area contributed by atoms with E-state index in [0.29, 0.717) is 24.1 Å². The molecule has 0 saturated carbocycles. The summed E-state index contributed by atoms with van der Waals surface area (Å²) < 4.78 is 1.66. The lowest BCUT2D eigenvalue weighted by atomic mass is 9.99. The molecule has 6 nitrogen and oxygen atoms in total. The molecule has 0 aromatic carbocycles. The molecule has 0 unspecified atom stereocenters. The van der Waals surface area contributed by atoms with Gasteiger partial charge in [-0.2, -0.15) is 5.10 Å². The van der Waals surface area contributed by atoms with Crippen molar-refractivity contribution in [2.24, 2.45) is 18.9 Å².